The van der Waals surface area contributed by atoms with Crippen LogP contribution in [0.25, 0.3) is 10.2 Å². The zero-order valence-corrected chi connectivity index (χ0v) is 11.5. The lowest BCUT2D eigenvalue weighted by Gasteiger charge is -2.07. The highest BCUT2D eigenvalue weighted by Crippen LogP contribution is 2.26. The number of rotatable bonds is 5. The van der Waals surface area contributed by atoms with Gasteiger partial charge in [0.2, 0.25) is 0 Å². The summed E-state index contributed by atoms with van der Waals surface area (Å²) in [6, 6.07) is 4.72. The molecule has 0 spiro atoms. The first-order valence-corrected chi connectivity index (χ1v) is 7.62. The number of nitrogens with one attached hydrogen (secondary N) is 1. The van der Waals surface area contributed by atoms with Gasteiger partial charge in [-0.05, 0) is 24.8 Å². The minimum atomic E-state index is -0.231. The van der Waals surface area contributed by atoms with Crippen LogP contribution >= 0.6 is 23.1 Å². The van der Waals surface area contributed by atoms with E-state index in [4.69, 9.17) is 0 Å². The summed E-state index contributed by atoms with van der Waals surface area (Å²) in [7, 11) is 0. The zero-order valence-electron chi connectivity index (χ0n) is 9.87. The lowest BCUT2D eigenvalue weighted by Crippen LogP contribution is -2.07. The van der Waals surface area contributed by atoms with Gasteiger partial charge in [0.1, 0.15) is 5.82 Å². The summed E-state index contributed by atoms with van der Waals surface area (Å²) >= 11 is 3.43. The number of anilines is 1. The third-order valence-electron chi connectivity index (χ3n) is 2.58. The molecule has 0 saturated heterocycles. The molecule has 0 fully saturated rings. The van der Waals surface area contributed by atoms with Gasteiger partial charge in [0.25, 0.3) is 0 Å². The fourth-order valence-electron chi connectivity index (χ4n) is 1.48. The van der Waals surface area contributed by atoms with Crippen LogP contribution in [0.15, 0.2) is 18.2 Å². The molecule has 1 atom stereocenters. The van der Waals surface area contributed by atoms with Gasteiger partial charge in [-0.25, -0.2) is 9.37 Å². The Morgan fingerprint density at radius 2 is 2.35 bits per heavy atom. The van der Waals surface area contributed by atoms with E-state index in [1.54, 1.807) is 17.4 Å². The van der Waals surface area contributed by atoms with E-state index < -0.39 is 0 Å². The Balaban J connectivity index is 1.99. The smallest absolute Gasteiger partial charge is 0.183 e. The first kappa shape index (κ1) is 12.6. The van der Waals surface area contributed by atoms with Crippen LogP contribution in [0.4, 0.5) is 9.52 Å². The standard InChI is InChI=1S/C12H15FN2S2/c1-8(16-2)5-6-14-12-15-10-7-9(13)3-4-11(10)17-12/h3-4,7-8H,5-6H2,1-2H3,(H,14,15). The second-order valence-corrected chi connectivity index (χ2v) is 6.20. The van der Waals surface area contributed by atoms with E-state index in [1.807, 2.05) is 11.8 Å². The van der Waals surface area contributed by atoms with Crippen LogP contribution in [-0.4, -0.2) is 23.0 Å². The molecule has 0 bridgehead atoms. The molecule has 1 heterocycles. The molecule has 1 aromatic heterocycles. The molecule has 5 heteroatoms. The molecule has 2 aromatic rings. The molecule has 0 aliphatic rings. The number of hydrogen-bond acceptors (Lipinski definition) is 4. The number of hydrogen-bond donors (Lipinski definition) is 1. The number of fused-ring (bicyclic) bond motifs is 1. The average molecular weight is 270 g/mol. The first-order valence-electron chi connectivity index (χ1n) is 5.52. The van der Waals surface area contributed by atoms with Gasteiger partial charge in [-0.2, -0.15) is 11.8 Å². The number of thiazole rings is 1. The number of aromatic nitrogens is 1. The topological polar surface area (TPSA) is 24.9 Å². The molecule has 2 rings (SSSR count). The van der Waals surface area contributed by atoms with Crippen molar-refractivity contribution < 1.29 is 4.39 Å². The van der Waals surface area contributed by atoms with E-state index >= 15 is 0 Å². The summed E-state index contributed by atoms with van der Waals surface area (Å²) < 4.78 is 14.0. The molecular weight excluding hydrogens is 255 g/mol. The van der Waals surface area contributed by atoms with Crippen molar-refractivity contribution in [2.75, 3.05) is 18.1 Å². The van der Waals surface area contributed by atoms with Crippen molar-refractivity contribution in [3.05, 3.63) is 24.0 Å². The fourth-order valence-corrected chi connectivity index (χ4v) is 2.70. The van der Waals surface area contributed by atoms with Gasteiger partial charge in [-0.15, -0.1) is 0 Å². The second kappa shape index (κ2) is 5.69. The SMILES string of the molecule is CSC(C)CCNc1nc2cc(F)ccc2s1. The van der Waals surface area contributed by atoms with E-state index in [0.717, 1.165) is 28.3 Å². The molecule has 1 aromatic carbocycles. The summed E-state index contributed by atoms with van der Waals surface area (Å²) in [5.74, 6) is -0.231. The van der Waals surface area contributed by atoms with Gasteiger partial charge < -0.3 is 5.32 Å². The minimum absolute atomic E-state index is 0.231. The van der Waals surface area contributed by atoms with Crippen LogP contribution in [0, 0.1) is 5.82 Å². The van der Waals surface area contributed by atoms with Gasteiger partial charge in [0.15, 0.2) is 5.13 Å². The molecule has 0 aliphatic carbocycles. The van der Waals surface area contributed by atoms with Crippen molar-refractivity contribution in [2.45, 2.75) is 18.6 Å². The number of nitrogens with zero attached hydrogens (tertiary/aromatic N) is 1. The van der Waals surface area contributed by atoms with Gasteiger partial charge in [0.05, 0.1) is 10.2 Å². The van der Waals surface area contributed by atoms with E-state index in [1.165, 1.54) is 12.1 Å². The van der Waals surface area contributed by atoms with Crippen molar-refractivity contribution in [3.8, 4) is 0 Å². The van der Waals surface area contributed by atoms with Gasteiger partial charge in [-0.3, -0.25) is 0 Å². The van der Waals surface area contributed by atoms with Crippen LogP contribution in [-0.2, 0) is 0 Å². The number of thioether (sulfide) groups is 1. The van der Waals surface area contributed by atoms with Crippen LogP contribution in [0.3, 0.4) is 0 Å². The quantitative estimate of drug-likeness (QED) is 0.889. The second-order valence-electron chi connectivity index (χ2n) is 3.89. The normalized spacial score (nSPS) is 12.9. The van der Waals surface area contributed by atoms with Crippen LogP contribution in [0.5, 0.6) is 0 Å². The maximum absolute atomic E-state index is 13.0. The Hall–Kier alpha value is -0.810. The van der Waals surface area contributed by atoms with E-state index in [2.05, 4.69) is 23.5 Å². The molecular formula is C12H15FN2S2. The lowest BCUT2D eigenvalue weighted by atomic mass is 10.3. The molecule has 1 unspecified atom stereocenters. The Kier molecular flexibility index (Phi) is 4.23. The molecule has 1 N–H and O–H groups in total. The Bertz CT molecular complexity index is 498. The third kappa shape index (κ3) is 3.33. The monoisotopic (exact) mass is 270 g/mol. The van der Waals surface area contributed by atoms with Crippen LogP contribution in [0.2, 0.25) is 0 Å². The summed E-state index contributed by atoms with van der Waals surface area (Å²) in [5.41, 5.74) is 0.732. The van der Waals surface area contributed by atoms with Crippen molar-refractivity contribution in [2.24, 2.45) is 0 Å². The molecule has 0 radical (unpaired) electrons. The summed E-state index contributed by atoms with van der Waals surface area (Å²) in [5, 5.41) is 4.81. The highest BCUT2D eigenvalue weighted by atomic mass is 32.2. The predicted molar refractivity (Wildman–Crippen MR) is 75.7 cm³/mol. The van der Waals surface area contributed by atoms with E-state index in [9.17, 15) is 4.39 Å². The summed E-state index contributed by atoms with van der Waals surface area (Å²) in [6.07, 6.45) is 3.22. The Morgan fingerprint density at radius 3 is 3.12 bits per heavy atom. The molecule has 92 valence electrons. The molecule has 0 amide bonds. The van der Waals surface area contributed by atoms with Crippen LogP contribution < -0.4 is 5.32 Å². The zero-order chi connectivity index (χ0) is 12.3. The fraction of sp³-hybridized carbons (Fsp3) is 0.417. The van der Waals surface area contributed by atoms with Gasteiger partial charge in [-0.1, -0.05) is 18.3 Å². The van der Waals surface area contributed by atoms with E-state index in [-0.39, 0.29) is 5.82 Å². The number of halogens is 1. The van der Waals surface area contributed by atoms with Crippen LogP contribution in [0.1, 0.15) is 13.3 Å². The Labute approximate surface area is 109 Å². The number of benzene rings is 1. The van der Waals surface area contributed by atoms with Gasteiger partial charge >= 0.3 is 0 Å². The predicted octanol–water partition coefficient (Wildman–Crippen LogP) is 3.99. The van der Waals surface area contributed by atoms with Crippen molar-refractivity contribution in [1.82, 2.24) is 4.98 Å². The maximum atomic E-state index is 13.0. The summed E-state index contributed by atoms with van der Waals surface area (Å²) in [4.78, 5) is 4.36. The highest BCUT2D eigenvalue weighted by Gasteiger charge is 2.05. The molecule has 17 heavy (non-hydrogen) atoms. The van der Waals surface area contributed by atoms with Gasteiger partial charge in [0, 0.05) is 17.9 Å². The first-order chi connectivity index (χ1) is 8.19. The minimum Gasteiger partial charge on any atom is -0.361 e. The maximum Gasteiger partial charge on any atom is 0.183 e. The highest BCUT2D eigenvalue weighted by molar-refractivity contribution is 7.99. The van der Waals surface area contributed by atoms with E-state index in [0.29, 0.717) is 5.25 Å². The van der Waals surface area contributed by atoms with Crippen molar-refractivity contribution >= 4 is 38.4 Å². The molecule has 0 aliphatic heterocycles. The lowest BCUT2D eigenvalue weighted by molar-refractivity contribution is 0.629. The average Bonchev–Trinajstić information content (AvgIpc) is 2.70. The molecule has 2 nitrogen and oxygen atoms in total. The Morgan fingerprint density at radius 1 is 1.53 bits per heavy atom. The van der Waals surface area contributed by atoms with Crippen molar-refractivity contribution in [3.63, 3.8) is 0 Å². The third-order valence-corrected chi connectivity index (χ3v) is 4.61. The van der Waals surface area contributed by atoms with Crippen molar-refractivity contribution in [1.29, 1.82) is 0 Å². The summed E-state index contributed by atoms with van der Waals surface area (Å²) in [6.45, 7) is 3.12. The largest absolute Gasteiger partial charge is 0.361 e. The molecule has 0 saturated carbocycles.